The van der Waals surface area contributed by atoms with Crippen LogP contribution in [0.25, 0.3) is 0 Å². The summed E-state index contributed by atoms with van der Waals surface area (Å²) < 4.78 is 13.7. The molecule has 0 saturated carbocycles. The summed E-state index contributed by atoms with van der Waals surface area (Å²) in [7, 11) is 0. The van der Waals surface area contributed by atoms with Crippen LogP contribution in [0.3, 0.4) is 0 Å². The van der Waals surface area contributed by atoms with Gasteiger partial charge in [-0.05, 0) is 43.7 Å². The van der Waals surface area contributed by atoms with Gasteiger partial charge in [-0.1, -0.05) is 0 Å². The lowest BCUT2D eigenvalue weighted by Crippen LogP contribution is -2.08. The van der Waals surface area contributed by atoms with Crippen molar-refractivity contribution in [2.24, 2.45) is 4.99 Å². The standard InChI is InChI=1S/C12H14FNS/c1-7-6-15-12(9(7)3)10-4-8(2)14-5-11(10)13/h5-6,10H,4H2,1-3H3. The second-order valence-electron chi connectivity index (χ2n) is 4.04. The topological polar surface area (TPSA) is 12.4 Å². The predicted molar refractivity (Wildman–Crippen MR) is 63.5 cm³/mol. The normalized spacial score (nSPS) is 21.2. The molecule has 0 aliphatic carbocycles. The van der Waals surface area contributed by atoms with Crippen molar-refractivity contribution in [3.8, 4) is 0 Å². The van der Waals surface area contributed by atoms with Gasteiger partial charge in [0.15, 0.2) is 0 Å². The number of nitrogens with zero attached hydrogens (tertiary/aromatic N) is 1. The van der Waals surface area contributed by atoms with Crippen LogP contribution in [-0.4, -0.2) is 5.71 Å². The molecule has 3 heteroatoms. The Morgan fingerprint density at radius 2 is 2.13 bits per heavy atom. The van der Waals surface area contributed by atoms with Gasteiger partial charge in [0.05, 0.1) is 12.1 Å². The second-order valence-corrected chi connectivity index (χ2v) is 4.95. The van der Waals surface area contributed by atoms with Gasteiger partial charge in [0.2, 0.25) is 0 Å². The molecule has 0 fully saturated rings. The minimum absolute atomic E-state index is 0.0961. The molecule has 0 amide bonds. The van der Waals surface area contributed by atoms with Crippen LogP contribution < -0.4 is 0 Å². The Labute approximate surface area is 93.4 Å². The highest BCUT2D eigenvalue weighted by molar-refractivity contribution is 7.10. The highest BCUT2D eigenvalue weighted by Crippen LogP contribution is 2.38. The molecule has 15 heavy (non-hydrogen) atoms. The molecule has 0 N–H and O–H groups in total. The van der Waals surface area contributed by atoms with E-state index in [-0.39, 0.29) is 11.7 Å². The molecule has 2 heterocycles. The number of aliphatic imine (C=N–C) groups is 1. The summed E-state index contributed by atoms with van der Waals surface area (Å²) in [5.74, 6) is -0.202. The number of aryl methyl sites for hydroxylation is 1. The summed E-state index contributed by atoms with van der Waals surface area (Å²) in [5.41, 5.74) is 3.48. The van der Waals surface area contributed by atoms with Crippen molar-refractivity contribution in [3.05, 3.63) is 33.4 Å². The third-order valence-corrected chi connectivity index (χ3v) is 4.20. The lowest BCUT2D eigenvalue weighted by Gasteiger charge is -2.17. The molecule has 0 radical (unpaired) electrons. The Bertz CT molecular complexity index is 442. The van der Waals surface area contributed by atoms with E-state index in [2.05, 4.69) is 24.2 Å². The van der Waals surface area contributed by atoms with Crippen molar-refractivity contribution in [2.45, 2.75) is 33.1 Å². The van der Waals surface area contributed by atoms with Crippen molar-refractivity contribution in [1.29, 1.82) is 0 Å². The fourth-order valence-corrected chi connectivity index (χ4v) is 2.97. The van der Waals surface area contributed by atoms with E-state index in [4.69, 9.17) is 0 Å². The van der Waals surface area contributed by atoms with Crippen molar-refractivity contribution in [1.82, 2.24) is 0 Å². The molecule has 2 rings (SSSR count). The third kappa shape index (κ3) is 1.88. The van der Waals surface area contributed by atoms with E-state index in [1.54, 1.807) is 11.3 Å². The first-order valence-electron chi connectivity index (χ1n) is 5.03. The zero-order valence-corrected chi connectivity index (χ0v) is 9.99. The second kappa shape index (κ2) is 3.89. The average molecular weight is 223 g/mol. The molecule has 1 atom stereocenters. The minimum atomic E-state index is -0.106. The van der Waals surface area contributed by atoms with E-state index in [0.717, 1.165) is 10.6 Å². The summed E-state index contributed by atoms with van der Waals surface area (Å²) in [6, 6.07) is 0. The summed E-state index contributed by atoms with van der Waals surface area (Å²) >= 11 is 1.65. The smallest absolute Gasteiger partial charge is 0.127 e. The summed E-state index contributed by atoms with van der Waals surface area (Å²) in [6.45, 7) is 6.09. The van der Waals surface area contributed by atoms with E-state index < -0.39 is 0 Å². The number of thiophene rings is 1. The lowest BCUT2D eigenvalue weighted by atomic mass is 9.94. The number of hydrogen-bond donors (Lipinski definition) is 0. The average Bonchev–Trinajstić information content (AvgIpc) is 2.52. The van der Waals surface area contributed by atoms with Crippen LogP contribution >= 0.6 is 11.3 Å². The van der Waals surface area contributed by atoms with Crippen LogP contribution in [0.5, 0.6) is 0 Å². The number of hydrogen-bond acceptors (Lipinski definition) is 2. The van der Waals surface area contributed by atoms with Crippen LogP contribution in [-0.2, 0) is 0 Å². The quantitative estimate of drug-likeness (QED) is 0.679. The maximum absolute atomic E-state index is 13.7. The van der Waals surface area contributed by atoms with Crippen LogP contribution in [0.4, 0.5) is 4.39 Å². The van der Waals surface area contributed by atoms with Gasteiger partial charge in [-0.2, -0.15) is 0 Å². The molecule has 0 bridgehead atoms. The first-order valence-corrected chi connectivity index (χ1v) is 5.91. The maximum atomic E-state index is 13.7. The van der Waals surface area contributed by atoms with E-state index in [0.29, 0.717) is 6.42 Å². The molecule has 1 aromatic heterocycles. The number of allylic oxidation sites excluding steroid dienone is 1. The molecule has 0 aromatic carbocycles. The van der Waals surface area contributed by atoms with Crippen LogP contribution in [0.15, 0.2) is 22.4 Å². The largest absolute Gasteiger partial charge is 0.263 e. The zero-order valence-electron chi connectivity index (χ0n) is 9.17. The molecule has 1 aliphatic heterocycles. The summed E-state index contributed by atoms with van der Waals surface area (Å²) in [5, 5.41) is 2.10. The molecular weight excluding hydrogens is 209 g/mol. The highest BCUT2D eigenvalue weighted by Gasteiger charge is 2.24. The highest BCUT2D eigenvalue weighted by atomic mass is 32.1. The van der Waals surface area contributed by atoms with Gasteiger partial charge in [0.25, 0.3) is 0 Å². The van der Waals surface area contributed by atoms with Crippen molar-refractivity contribution in [2.75, 3.05) is 0 Å². The first-order chi connectivity index (χ1) is 7.09. The molecule has 0 spiro atoms. The molecular formula is C12H14FNS. The predicted octanol–water partition coefficient (Wildman–Crippen LogP) is 4.12. The van der Waals surface area contributed by atoms with Crippen LogP contribution in [0.2, 0.25) is 0 Å². The van der Waals surface area contributed by atoms with Crippen molar-refractivity contribution < 1.29 is 4.39 Å². The van der Waals surface area contributed by atoms with Gasteiger partial charge in [-0.15, -0.1) is 11.3 Å². The first kappa shape index (κ1) is 10.6. The van der Waals surface area contributed by atoms with Gasteiger partial charge in [0, 0.05) is 10.6 Å². The molecule has 1 nitrogen and oxygen atoms in total. The minimum Gasteiger partial charge on any atom is -0.263 e. The van der Waals surface area contributed by atoms with Crippen LogP contribution in [0.1, 0.15) is 35.3 Å². The number of halogens is 1. The van der Waals surface area contributed by atoms with E-state index >= 15 is 0 Å². The monoisotopic (exact) mass is 223 g/mol. The third-order valence-electron chi connectivity index (χ3n) is 2.88. The van der Waals surface area contributed by atoms with Crippen molar-refractivity contribution in [3.63, 3.8) is 0 Å². The van der Waals surface area contributed by atoms with Gasteiger partial charge < -0.3 is 0 Å². The SMILES string of the molecule is CC1=NC=C(F)C(c2scc(C)c2C)C1. The van der Waals surface area contributed by atoms with Gasteiger partial charge in [0.1, 0.15) is 5.83 Å². The maximum Gasteiger partial charge on any atom is 0.127 e. The molecule has 1 unspecified atom stereocenters. The summed E-state index contributed by atoms with van der Waals surface area (Å²) in [6.07, 6.45) is 2.07. The Kier molecular flexibility index (Phi) is 2.74. The summed E-state index contributed by atoms with van der Waals surface area (Å²) in [4.78, 5) is 5.16. The molecule has 1 aromatic rings. The van der Waals surface area contributed by atoms with Gasteiger partial charge >= 0.3 is 0 Å². The van der Waals surface area contributed by atoms with E-state index in [1.807, 2.05) is 6.92 Å². The Morgan fingerprint density at radius 1 is 1.40 bits per heavy atom. The molecule has 80 valence electrons. The van der Waals surface area contributed by atoms with Crippen LogP contribution in [0, 0.1) is 13.8 Å². The van der Waals surface area contributed by atoms with E-state index in [9.17, 15) is 4.39 Å². The van der Waals surface area contributed by atoms with E-state index in [1.165, 1.54) is 17.3 Å². The number of rotatable bonds is 1. The zero-order chi connectivity index (χ0) is 11.0. The molecule has 1 aliphatic rings. The fourth-order valence-electron chi connectivity index (χ4n) is 1.79. The Morgan fingerprint density at radius 3 is 2.73 bits per heavy atom. The van der Waals surface area contributed by atoms with Gasteiger partial charge in [-0.3, -0.25) is 4.99 Å². The van der Waals surface area contributed by atoms with Crippen molar-refractivity contribution >= 4 is 17.0 Å². The van der Waals surface area contributed by atoms with Gasteiger partial charge in [-0.25, -0.2) is 4.39 Å². The Hall–Kier alpha value is -0.960. The molecule has 0 saturated heterocycles. The lowest BCUT2D eigenvalue weighted by molar-refractivity contribution is 0.545. The fraction of sp³-hybridized carbons (Fsp3) is 0.417. The Balaban J connectivity index is 2.37.